The highest BCUT2D eigenvalue weighted by Crippen LogP contribution is 2.36. The zero-order valence-electron chi connectivity index (χ0n) is 10.9. The summed E-state index contributed by atoms with van der Waals surface area (Å²) in [6, 6.07) is 8.04. The van der Waals surface area contributed by atoms with E-state index in [1.807, 2.05) is 25.1 Å². The van der Waals surface area contributed by atoms with Crippen molar-refractivity contribution >= 4 is 27.5 Å². The fourth-order valence-electron chi connectivity index (χ4n) is 2.70. The van der Waals surface area contributed by atoms with Crippen molar-refractivity contribution in [3.63, 3.8) is 0 Å². The number of rotatable bonds is 2. The summed E-state index contributed by atoms with van der Waals surface area (Å²) in [6.07, 6.45) is 0.717. The van der Waals surface area contributed by atoms with Crippen molar-refractivity contribution in [2.75, 3.05) is 5.32 Å². The van der Waals surface area contributed by atoms with Crippen LogP contribution in [0.3, 0.4) is 0 Å². The van der Waals surface area contributed by atoms with E-state index >= 15 is 0 Å². The zero-order valence-corrected chi connectivity index (χ0v) is 12.5. The number of hydrogen-bond donors (Lipinski definition) is 2. The molecular formula is C15H15BrN2O. The Morgan fingerprint density at radius 3 is 2.74 bits per heavy atom. The van der Waals surface area contributed by atoms with Crippen molar-refractivity contribution < 1.29 is 4.79 Å². The maximum absolute atomic E-state index is 12.1. The van der Waals surface area contributed by atoms with E-state index in [0.717, 1.165) is 33.5 Å². The van der Waals surface area contributed by atoms with Gasteiger partial charge in [-0.05, 0) is 49.2 Å². The first-order chi connectivity index (χ1) is 9.04. The number of carbonyl (C=O) groups is 1. The third-order valence-corrected chi connectivity index (χ3v) is 4.12. The van der Waals surface area contributed by atoms with Crippen LogP contribution in [0, 0.1) is 13.8 Å². The second-order valence-corrected chi connectivity index (χ2v) is 6.01. The van der Waals surface area contributed by atoms with Crippen LogP contribution in [-0.4, -0.2) is 10.9 Å². The van der Waals surface area contributed by atoms with Gasteiger partial charge in [0.05, 0.1) is 5.92 Å². The highest BCUT2D eigenvalue weighted by Gasteiger charge is 2.31. The molecule has 98 valence electrons. The summed E-state index contributed by atoms with van der Waals surface area (Å²) in [5.74, 6) is -0.0241. The van der Waals surface area contributed by atoms with Gasteiger partial charge in [0.15, 0.2) is 0 Å². The van der Waals surface area contributed by atoms with E-state index in [4.69, 9.17) is 0 Å². The molecule has 0 aliphatic carbocycles. The van der Waals surface area contributed by atoms with Crippen LogP contribution in [0.1, 0.15) is 28.4 Å². The summed E-state index contributed by atoms with van der Waals surface area (Å²) in [7, 11) is 0. The van der Waals surface area contributed by atoms with E-state index in [1.165, 1.54) is 5.56 Å². The molecule has 1 aliphatic rings. The molecule has 1 aromatic heterocycles. The number of amides is 1. The lowest BCUT2D eigenvalue weighted by Crippen LogP contribution is -2.14. The van der Waals surface area contributed by atoms with Gasteiger partial charge in [0.2, 0.25) is 5.91 Å². The highest BCUT2D eigenvalue weighted by molar-refractivity contribution is 9.10. The summed E-state index contributed by atoms with van der Waals surface area (Å²) in [5.41, 5.74) is 5.50. The third-order valence-electron chi connectivity index (χ3n) is 3.63. The Morgan fingerprint density at radius 1 is 1.26 bits per heavy atom. The average Bonchev–Trinajstić information content (AvgIpc) is 2.81. The predicted octanol–water partition coefficient (Wildman–Crippen LogP) is 3.67. The molecule has 1 unspecified atom stereocenters. The highest BCUT2D eigenvalue weighted by atomic mass is 79.9. The van der Waals surface area contributed by atoms with E-state index in [9.17, 15) is 4.79 Å². The van der Waals surface area contributed by atoms with Crippen LogP contribution < -0.4 is 5.32 Å². The Balaban J connectivity index is 1.96. The van der Waals surface area contributed by atoms with Crippen LogP contribution in [-0.2, 0) is 11.2 Å². The lowest BCUT2D eigenvalue weighted by atomic mass is 9.95. The smallest absolute Gasteiger partial charge is 0.232 e. The van der Waals surface area contributed by atoms with Crippen molar-refractivity contribution in [2.45, 2.75) is 26.2 Å². The molecule has 2 heterocycles. The number of benzene rings is 1. The van der Waals surface area contributed by atoms with Gasteiger partial charge >= 0.3 is 0 Å². The van der Waals surface area contributed by atoms with Gasteiger partial charge in [-0.2, -0.15) is 0 Å². The van der Waals surface area contributed by atoms with Gasteiger partial charge in [-0.25, -0.2) is 0 Å². The fraction of sp³-hybridized carbons (Fsp3) is 0.267. The molecule has 1 amide bonds. The molecule has 0 saturated carbocycles. The number of nitrogens with one attached hydrogen (secondary N) is 2. The zero-order chi connectivity index (χ0) is 13.6. The quantitative estimate of drug-likeness (QED) is 0.871. The van der Waals surface area contributed by atoms with Crippen molar-refractivity contribution in [1.29, 1.82) is 0 Å². The molecule has 1 atom stereocenters. The Kier molecular flexibility index (Phi) is 2.97. The summed E-state index contributed by atoms with van der Waals surface area (Å²) in [4.78, 5) is 15.5. The van der Waals surface area contributed by atoms with E-state index in [1.54, 1.807) is 0 Å². The first-order valence-corrected chi connectivity index (χ1v) is 7.09. The van der Waals surface area contributed by atoms with E-state index in [0.29, 0.717) is 0 Å². The molecule has 4 heteroatoms. The molecular weight excluding hydrogens is 304 g/mol. The molecule has 0 radical (unpaired) electrons. The lowest BCUT2D eigenvalue weighted by molar-refractivity contribution is -0.117. The Bertz CT molecular complexity index is 660. The van der Waals surface area contributed by atoms with Gasteiger partial charge in [0, 0.05) is 28.0 Å². The molecule has 2 aromatic rings. The number of H-pyrrole nitrogens is 1. The normalized spacial score (nSPS) is 17.4. The number of halogens is 1. The summed E-state index contributed by atoms with van der Waals surface area (Å²) in [6.45, 7) is 4.11. The monoisotopic (exact) mass is 318 g/mol. The number of fused-ring (bicyclic) bond motifs is 1. The van der Waals surface area contributed by atoms with Gasteiger partial charge in [-0.15, -0.1) is 0 Å². The maximum Gasteiger partial charge on any atom is 0.232 e. The second kappa shape index (κ2) is 4.53. The molecule has 0 bridgehead atoms. The van der Waals surface area contributed by atoms with Crippen LogP contribution in [0.2, 0.25) is 0 Å². The van der Waals surface area contributed by atoms with Crippen molar-refractivity contribution in [1.82, 2.24) is 4.98 Å². The van der Waals surface area contributed by atoms with Crippen molar-refractivity contribution in [3.05, 3.63) is 51.3 Å². The van der Waals surface area contributed by atoms with E-state index in [-0.39, 0.29) is 11.8 Å². The number of hydrogen-bond acceptors (Lipinski definition) is 1. The van der Waals surface area contributed by atoms with Crippen LogP contribution in [0.15, 0.2) is 28.7 Å². The number of carbonyl (C=O) groups excluding carboxylic acids is 1. The first-order valence-electron chi connectivity index (χ1n) is 6.30. The largest absolute Gasteiger partial charge is 0.362 e. The standard InChI is InChI=1S/C15H15BrN2O/c1-8-5-9(2)17-14(8)7-12-11-6-10(16)3-4-13(11)18-15(12)19/h3-6,12,17H,7H2,1-2H3,(H,18,19). The van der Waals surface area contributed by atoms with E-state index < -0.39 is 0 Å². The third kappa shape index (κ3) is 2.21. The fourth-order valence-corrected chi connectivity index (χ4v) is 3.08. The Hall–Kier alpha value is -1.55. The first kappa shape index (κ1) is 12.5. The van der Waals surface area contributed by atoms with Gasteiger partial charge < -0.3 is 10.3 Å². The molecule has 3 nitrogen and oxygen atoms in total. The summed E-state index contributed by atoms with van der Waals surface area (Å²) < 4.78 is 1.01. The SMILES string of the molecule is Cc1cc(C)c(CC2C(=O)Nc3ccc(Br)cc32)[nH]1. The van der Waals surface area contributed by atoms with E-state index in [2.05, 4.69) is 39.2 Å². The molecule has 3 rings (SSSR count). The van der Waals surface area contributed by atoms with Crippen molar-refractivity contribution in [2.24, 2.45) is 0 Å². The number of aromatic nitrogens is 1. The topological polar surface area (TPSA) is 44.9 Å². The van der Waals surface area contributed by atoms with Gasteiger partial charge in [0.25, 0.3) is 0 Å². The van der Waals surface area contributed by atoms with Gasteiger partial charge in [0.1, 0.15) is 0 Å². The predicted molar refractivity (Wildman–Crippen MR) is 79.5 cm³/mol. The number of aryl methyl sites for hydroxylation is 2. The molecule has 2 N–H and O–H groups in total. The Labute approximate surface area is 120 Å². The van der Waals surface area contributed by atoms with Crippen LogP contribution >= 0.6 is 15.9 Å². The van der Waals surface area contributed by atoms with Crippen LogP contribution in [0.5, 0.6) is 0 Å². The minimum atomic E-state index is -0.107. The Morgan fingerprint density at radius 2 is 2.05 bits per heavy atom. The van der Waals surface area contributed by atoms with Gasteiger partial charge in [-0.1, -0.05) is 15.9 Å². The maximum atomic E-state index is 12.1. The van der Waals surface area contributed by atoms with Crippen molar-refractivity contribution in [3.8, 4) is 0 Å². The minimum Gasteiger partial charge on any atom is -0.362 e. The molecule has 1 aliphatic heterocycles. The van der Waals surface area contributed by atoms with Crippen LogP contribution in [0.4, 0.5) is 5.69 Å². The number of aromatic amines is 1. The van der Waals surface area contributed by atoms with Crippen LogP contribution in [0.25, 0.3) is 0 Å². The molecule has 0 saturated heterocycles. The summed E-state index contributed by atoms with van der Waals surface area (Å²) in [5, 5.41) is 2.95. The summed E-state index contributed by atoms with van der Waals surface area (Å²) >= 11 is 3.47. The molecule has 0 spiro atoms. The number of anilines is 1. The lowest BCUT2D eigenvalue weighted by Gasteiger charge is -2.09. The second-order valence-electron chi connectivity index (χ2n) is 5.09. The molecule has 19 heavy (non-hydrogen) atoms. The minimum absolute atomic E-state index is 0.0831. The molecule has 0 fully saturated rings. The molecule has 1 aromatic carbocycles. The van der Waals surface area contributed by atoms with Gasteiger partial charge in [-0.3, -0.25) is 4.79 Å². The average molecular weight is 319 g/mol.